The first-order chi connectivity index (χ1) is 7.76. The maximum absolute atomic E-state index is 5.30. The molecule has 0 saturated carbocycles. The lowest BCUT2D eigenvalue weighted by molar-refractivity contribution is 0.419. The van der Waals surface area contributed by atoms with Gasteiger partial charge in [0.2, 0.25) is 0 Å². The van der Waals surface area contributed by atoms with Crippen molar-refractivity contribution in [2.75, 3.05) is 19.0 Å². The Kier molecular flexibility index (Phi) is 3.29. The van der Waals surface area contributed by atoms with Crippen LogP contribution < -0.4 is 10.1 Å². The van der Waals surface area contributed by atoms with Crippen molar-refractivity contribution >= 4 is 32.7 Å². The molecule has 0 aliphatic carbocycles. The van der Waals surface area contributed by atoms with E-state index in [4.69, 9.17) is 4.74 Å². The van der Waals surface area contributed by atoms with Crippen LogP contribution in [0.15, 0.2) is 28.7 Å². The van der Waals surface area contributed by atoms with Crippen molar-refractivity contribution in [2.24, 2.45) is 0 Å². The predicted molar refractivity (Wildman–Crippen MR) is 70.2 cm³/mol. The molecule has 1 heterocycles. The summed E-state index contributed by atoms with van der Waals surface area (Å²) in [5.41, 5.74) is 0.871. The lowest BCUT2D eigenvalue weighted by atomic mass is 10.2. The van der Waals surface area contributed by atoms with Crippen molar-refractivity contribution < 1.29 is 4.74 Å². The van der Waals surface area contributed by atoms with Crippen molar-refractivity contribution in [1.82, 2.24) is 4.98 Å². The summed E-state index contributed by atoms with van der Waals surface area (Å²) in [6.07, 6.45) is 0. The van der Waals surface area contributed by atoms with Crippen LogP contribution in [-0.4, -0.2) is 18.6 Å². The minimum Gasteiger partial charge on any atom is -0.494 e. The van der Waals surface area contributed by atoms with Gasteiger partial charge in [0, 0.05) is 16.4 Å². The Labute approximate surface area is 103 Å². The molecule has 1 N–H and O–H groups in total. The van der Waals surface area contributed by atoms with Crippen molar-refractivity contribution in [3.8, 4) is 5.75 Å². The number of hydrogen-bond acceptors (Lipinski definition) is 3. The highest BCUT2D eigenvalue weighted by Crippen LogP contribution is 2.31. The van der Waals surface area contributed by atoms with E-state index in [1.54, 1.807) is 7.11 Å². The zero-order chi connectivity index (χ0) is 11.5. The van der Waals surface area contributed by atoms with Gasteiger partial charge < -0.3 is 10.1 Å². The average molecular weight is 281 g/mol. The second-order valence-electron chi connectivity index (χ2n) is 3.37. The highest BCUT2D eigenvalue weighted by Gasteiger charge is 2.06. The molecule has 0 bridgehead atoms. The second kappa shape index (κ2) is 4.70. The molecule has 16 heavy (non-hydrogen) atoms. The van der Waals surface area contributed by atoms with Gasteiger partial charge in [-0.25, -0.2) is 4.98 Å². The van der Waals surface area contributed by atoms with E-state index in [1.165, 1.54) is 0 Å². The number of fused-ring (bicyclic) bond motifs is 1. The average Bonchev–Trinajstić information content (AvgIpc) is 2.30. The third-order valence-corrected chi connectivity index (χ3v) is 3.04. The summed E-state index contributed by atoms with van der Waals surface area (Å²) in [4.78, 5) is 4.53. The van der Waals surface area contributed by atoms with Crippen LogP contribution in [0, 0.1) is 0 Å². The number of halogens is 1. The molecule has 2 aromatic rings. The maximum Gasteiger partial charge on any atom is 0.145 e. The molecule has 3 nitrogen and oxygen atoms in total. The van der Waals surface area contributed by atoms with E-state index in [9.17, 15) is 0 Å². The van der Waals surface area contributed by atoms with Gasteiger partial charge in [-0.3, -0.25) is 0 Å². The minimum absolute atomic E-state index is 0.790. The van der Waals surface area contributed by atoms with Crippen molar-refractivity contribution in [2.45, 2.75) is 6.92 Å². The Morgan fingerprint density at radius 1 is 1.31 bits per heavy atom. The standard InChI is InChI=1S/C12H13BrN2O/c1-3-14-11-7-4-8-9(13)5-6-10(16-2)12(8)15-11/h4-7H,3H2,1-2H3,(H,14,15). The van der Waals surface area contributed by atoms with Gasteiger partial charge in [-0.1, -0.05) is 15.9 Å². The summed E-state index contributed by atoms with van der Waals surface area (Å²) < 4.78 is 6.33. The molecule has 0 unspecified atom stereocenters. The van der Waals surface area contributed by atoms with Crippen LogP contribution >= 0.6 is 15.9 Å². The molecule has 0 fully saturated rings. The number of ether oxygens (including phenoxy) is 1. The van der Waals surface area contributed by atoms with E-state index in [0.717, 1.165) is 33.5 Å². The van der Waals surface area contributed by atoms with E-state index in [0.29, 0.717) is 0 Å². The second-order valence-corrected chi connectivity index (χ2v) is 4.23. The largest absolute Gasteiger partial charge is 0.494 e. The number of hydrogen-bond donors (Lipinski definition) is 1. The topological polar surface area (TPSA) is 34.1 Å². The zero-order valence-corrected chi connectivity index (χ0v) is 10.8. The fourth-order valence-electron chi connectivity index (χ4n) is 1.60. The first-order valence-corrected chi connectivity index (χ1v) is 5.92. The van der Waals surface area contributed by atoms with Gasteiger partial charge in [-0.2, -0.15) is 0 Å². The summed E-state index contributed by atoms with van der Waals surface area (Å²) >= 11 is 3.51. The van der Waals surface area contributed by atoms with E-state index < -0.39 is 0 Å². The molecule has 0 aliphatic heterocycles. The first-order valence-electron chi connectivity index (χ1n) is 5.13. The smallest absolute Gasteiger partial charge is 0.145 e. The lowest BCUT2D eigenvalue weighted by Crippen LogP contribution is -1.99. The molecule has 0 aliphatic rings. The number of benzene rings is 1. The van der Waals surface area contributed by atoms with E-state index in [-0.39, 0.29) is 0 Å². The molecule has 0 radical (unpaired) electrons. The summed E-state index contributed by atoms with van der Waals surface area (Å²) in [6.45, 7) is 2.90. The SMILES string of the molecule is CCNc1ccc2c(Br)ccc(OC)c2n1. The van der Waals surface area contributed by atoms with Crippen LogP contribution in [0.25, 0.3) is 10.9 Å². The summed E-state index contributed by atoms with van der Waals surface area (Å²) in [7, 11) is 1.66. The molecule has 0 spiro atoms. The Morgan fingerprint density at radius 2 is 2.12 bits per heavy atom. The lowest BCUT2D eigenvalue weighted by Gasteiger charge is -2.08. The van der Waals surface area contributed by atoms with Crippen LogP contribution in [0.4, 0.5) is 5.82 Å². The number of nitrogens with zero attached hydrogens (tertiary/aromatic N) is 1. The van der Waals surface area contributed by atoms with Crippen molar-refractivity contribution in [3.05, 3.63) is 28.7 Å². The molecule has 0 atom stereocenters. The zero-order valence-electron chi connectivity index (χ0n) is 9.25. The molecule has 1 aromatic carbocycles. The molecule has 0 saturated heterocycles. The number of nitrogens with one attached hydrogen (secondary N) is 1. The summed E-state index contributed by atoms with van der Waals surface area (Å²) in [5.74, 6) is 1.66. The van der Waals surface area contributed by atoms with Gasteiger partial charge in [0.1, 0.15) is 17.1 Å². The maximum atomic E-state index is 5.30. The molecule has 2 rings (SSSR count). The Bertz CT molecular complexity index is 514. The monoisotopic (exact) mass is 280 g/mol. The number of anilines is 1. The van der Waals surface area contributed by atoms with Gasteiger partial charge in [0.05, 0.1) is 7.11 Å². The van der Waals surface area contributed by atoms with Crippen LogP contribution in [0.1, 0.15) is 6.92 Å². The summed E-state index contributed by atoms with van der Waals surface area (Å²) in [5, 5.41) is 4.24. The number of methoxy groups -OCH3 is 1. The normalized spacial score (nSPS) is 10.4. The molecule has 0 amide bonds. The van der Waals surface area contributed by atoms with Crippen LogP contribution in [0.2, 0.25) is 0 Å². The number of rotatable bonds is 3. The van der Waals surface area contributed by atoms with Gasteiger partial charge >= 0.3 is 0 Å². The fraction of sp³-hybridized carbons (Fsp3) is 0.250. The summed E-state index contributed by atoms with van der Waals surface area (Å²) in [6, 6.07) is 7.88. The Hall–Kier alpha value is -1.29. The van der Waals surface area contributed by atoms with Gasteiger partial charge in [0.25, 0.3) is 0 Å². The van der Waals surface area contributed by atoms with Crippen LogP contribution in [0.5, 0.6) is 5.75 Å². The molecule has 4 heteroatoms. The van der Waals surface area contributed by atoms with E-state index in [1.807, 2.05) is 31.2 Å². The van der Waals surface area contributed by atoms with Gasteiger partial charge in [-0.05, 0) is 31.2 Å². The molecular weight excluding hydrogens is 268 g/mol. The number of pyridine rings is 1. The first kappa shape index (κ1) is 11.2. The Balaban J connectivity index is 2.64. The third-order valence-electron chi connectivity index (χ3n) is 2.34. The number of aromatic nitrogens is 1. The third kappa shape index (κ3) is 1.97. The molecule has 84 valence electrons. The van der Waals surface area contributed by atoms with Crippen LogP contribution in [-0.2, 0) is 0 Å². The predicted octanol–water partition coefficient (Wildman–Crippen LogP) is 3.44. The van der Waals surface area contributed by atoms with Crippen molar-refractivity contribution in [3.63, 3.8) is 0 Å². The molecule has 1 aromatic heterocycles. The van der Waals surface area contributed by atoms with Gasteiger partial charge in [-0.15, -0.1) is 0 Å². The quantitative estimate of drug-likeness (QED) is 0.935. The van der Waals surface area contributed by atoms with Gasteiger partial charge in [0.15, 0.2) is 0 Å². The highest BCUT2D eigenvalue weighted by atomic mass is 79.9. The highest BCUT2D eigenvalue weighted by molar-refractivity contribution is 9.10. The minimum atomic E-state index is 0.790. The molecular formula is C12H13BrN2O. The van der Waals surface area contributed by atoms with E-state index >= 15 is 0 Å². The Morgan fingerprint density at radius 3 is 2.81 bits per heavy atom. The van der Waals surface area contributed by atoms with Crippen molar-refractivity contribution in [1.29, 1.82) is 0 Å². The van der Waals surface area contributed by atoms with E-state index in [2.05, 4.69) is 26.2 Å². The van der Waals surface area contributed by atoms with Crippen LogP contribution in [0.3, 0.4) is 0 Å². The fourth-order valence-corrected chi connectivity index (χ4v) is 2.05.